The molecule has 0 radical (unpaired) electrons. The topological polar surface area (TPSA) is 25.4 Å². The average Bonchev–Trinajstić information content (AvgIpc) is 2.47. The summed E-state index contributed by atoms with van der Waals surface area (Å²) >= 11 is 3.68. The molecule has 0 aliphatic carbocycles. The molecule has 2 heterocycles. The van der Waals surface area contributed by atoms with Crippen molar-refractivity contribution in [3.63, 3.8) is 0 Å². The third-order valence-electron chi connectivity index (χ3n) is 3.90. The predicted octanol–water partition coefficient (Wildman–Crippen LogP) is 4.30. The van der Waals surface area contributed by atoms with Gasteiger partial charge in [-0.2, -0.15) is 0 Å². The van der Waals surface area contributed by atoms with Crippen LogP contribution in [0.15, 0.2) is 22.7 Å². The van der Waals surface area contributed by atoms with Gasteiger partial charge in [-0.05, 0) is 44.4 Å². The van der Waals surface area contributed by atoms with Crippen molar-refractivity contribution in [3.8, 4) is 5.75 Å². The lowest BCUT2D eigenvalue weighted by Crippen LogP contribution is -2.29. The molecule has 1 aliphatic rings. The van der Waals surface area contributed by atoms with Crippen LogP contribution < -0.4 is 9.64 Å². The number of aromatic nitrogens is 1. The molecule has 3 rings (SSSR count). The molecular weight excluding hydrogens is 316 g/mol. The lowest BCUT2D eigenvalue weighted by atomic mass is 10.1. The number of rotatable bonds is 2. The number of hydrogen-bond donors (Lipinski definition) is 0. The molecule has 0 unspecified atom stereocenters. The number of piperidine rings is 1. The maximum Gasteiger partial charge on any atom is 0.168 e. The van der Waals surface area contributed by atoms with E-state index >= 15 is 0 Å². The smallest absolute Gasteiger partial charge is 0.168 e. The molecule has 1 aromatic heterocycles. The Balaban J connectivity index is 2.20. The summed E-state index contributed by atoms with van der Waals surface area (Å²) in [6, 6.07) is 6.31. The molecule has 1 aromatic carbocycles. The quantitative estimate of drug-likeness (QED) is 0.818. The molecule has 1 fully saturated rings. The van der Waals surface area contributed by atoms with E-state index < -0.39 is 0 Å². The van der Waals surface area contributed by atoms with Crippen LogP contribution in [0.5, 0.6) is 5.75 Å². The van der Waals surface area contributed by atoms with Gasteiger partial charge in [0.2, 0.25) is 0 Å². The predicted molar refractivity (Wildman–Crippen MR) is 86.8 cm³/mol. The van der Waals surface area contributed by atoms with Crippen LogP contribution in [0.1, 0.15) is 25.0 Å². The third kappa shape index (κ3) is 2.37. The fourth-order valence-corrected chi connectivity index (χ4v) is 3.41. The highest BCUT2D eigenvalue weighted by molar-refractivity contribution is 9.10. The van der Waals surface area contributed by atoms with Gasteiger partial charge in [-0.1, -0.05) is 15.9 Å². The number of fused-ring (bicyclic) bond motifs is 1. The largest absolute Gasteiger partial charge is 0.492 e. The van der Waals surface area contributed by atoms with E-state index in [1.165, 1.54) is 19.3 Å². The van der Waals surface area contributed by atoms with Gasteiger partial charge in [0.05, 0.1) is 12.8 Å². The van der Waals surface area contributed by atoms with Crippen molar-refractivity contribution in [2.45, 2.75) is 26.2 Å². The number of pyridine rings is 1. The summed E-state index contributed by atoms with van der Waals surface area (Å²) in [5.74, 6) is 0.897. The second-order valence-corrected chi connectivity index (χ2v) is 6.16. The summed E-state index contributed by atoms with van der Waals surface area (Å²) in [6.45, 7) is 4.21. The fraction of sp³-hybridized carbons (Fsp3) is 0.438. The zero-order valence-corrected chi connectivity index (χ0v) is 13.5. The molecule has 0 amide bonds. The first kappa shape index (κ1) is 13.7. The van der Waals surface area contributed by atoms with E-state index in [9.17, 15) is 0 Å². The highest BCUT2D eigenvalue weighted by atomic mass is 79.9. The number of aryl methyl sites for hydroxylation is 1. The van der Waals surface area contributed by atoms with Crippen LogP contribution in [-0.2, 0) is 0 Å². The van der Waals surface area contributed by atoms with Crippen molar-refractivity contribution >= 4 is 32.5 Å². The Hall–Kier alpha value is -1.29. The van der Waals surface area contributed by atoms with Crippen molar-refractivity contribution in [2.24, 2.45) is 0 Å². The lowest BCUT2D eigenvalue weighted by molar-refractivity contribution is 0.416. The summed E-state index contributed by atoms with van der Waals surface area (Å²) in [4.78, 5) is 7.09. The summed E-state index contributed by atoms with van der Waals surface area (Å²) in [5, 5.41) is 1.10. The van der Waals surface area contributed by atoms with E-state index in [0.29, 0.717) is 0 Å². The Morgan fingerprint density at radius 1 is 1.20 bits per heavy atom. The maximum absolute atomic E-state index is 5.70. The minimum atomic E-state index is 0.897. The standard InChI is InChI=1S/C16H19BrN2O/c1-11-6-7-12-13(17)10-14(16(20-2)15(12)18-11)19-8-4-3-5-9-19/h6-7,10H,3-5,8-9H2,1-2H3. The number of anilines is 1. The highest BCUT2D eigenvalue weighted by Gasteiger charge is 2.19. The maximum atomic E-state index is 5.70. The number of ether oxygens (including phenoxy) is 1. The van der Waals surface area contributed by atoms with Crippen molar-refractivity contribution in [3.05, 3.63) is 28.4 Å². The summed E-state index contributed by atoms with van der Waals surface area (Å²) < 4.78 is 6.78. The first-order chi connectivity index (χ1) is 9.70. The van der Waals surface area contributed by atoms with E-state index in [2.05, 4.69) is 37.9 Å². The molecule has 0 bridgehead atoms. The van der Waals surface area contributed by atoms with Crippen LogP contribution >= 0.6 is 15.9 Å². The van der Waals surface area contributed by atoms with E-state index in [1.807, 2.05) is 13.0 Å². The third-order valence-corrected chi connectivity index (χ3v) is 4.56. The molecule has 0 N–H and O–H groups in total. The zero-order valence-electron chi connectivity index (χ0n) is 11.9. The number of methoxy groups -OCH3 is 1. The fourth-order valence-electron chi connectivity index (χ4n) is 2.88. The lowest BCUT2D eigenvalue weighted by Gasteiger charge is -2.30. The first-order valence-corrected chi connectivity index (χ1v) is 7.89. The van der Waals surface area contributed by atoms with Gasteiger partial charge < -0.3 is 9.64 Å². The van der Waals surface area contributed by atoms with Crippen LogP contribution in [0.25, 0.3) is 10.9 Å². The van der Waals surface area contributed by atoms with Crippen LogP contribution in [0.4, 0.5) is 5.69 Å². The zero-order chi connectivity index (χ0) is 14.1. The van der Waals surface area contributed by atoms with E-state index in [-0.39, 0.29) is 0 Å². The number of benzene rings is 1. The minimum absolute atomic E-state index is 0.897. The van der Waals surface area contributed by atoms with Crippen LogP contribution in [-0.4, -0.2) is 25.2 Å². The molecular formula is C16H19BrN2O. The number of halogens is 1. The molecule has 0 spiro atoms. The average molecular weight is 335 g/mol. The number of hydrogen-bond acceptors (Lipinski definition) is 3. The van der Waals surface area contributed by atoms with E-state index in [1.54, 1.807) is 7.11 Å². The number of nitrogens with zero attached hydrogens (tertiary/aromatic N) is 2. The second kappa shape index (κ2) is 5.60. The Morgan fingerprint density at radius 3 is 2.65 bits per heavy atom. The van der Waals surface area contributed by atoms with Gasteiger partial charge in [0, 0.05) is 28.6 Å². The summed E-state index contributed by atoms with van der Waals surface area (Å²) in [6.07, 6.45) is 3.82. The summed E-state index contributed by atoms with van der Waals surface area (Å²) in [7, 11) is 1.74. The Kier molecular flexibility index (Phi) is 3.83. The van der Waals surface area contributed by atoms with E-state index in [0.717, 1.165) is 45.6 Å². The first-order valence-electron chi connectivity index (χ1n) is 7.09. The van der Waals surface area contributed by atoms with Gasteiger partial charge in [-0.3, -0.25) is 0 Å². The molecule has 106 valence electrons. The van der Waals surface area contributed by atoms with Gasteiger partial charge in [-0.25, -0.2) is 4.98 Å². The normalized spacial score (nSPS) is 15.7. The van der Waals surface area contributed by atoms with Crippen molar-refractivity contribution in [1.29, 1.82) is 0 Å². The minimum Gasteiger partial charge on any atom is -0.492 e. The molecule has 2 aromatic rings. The molecule has 1 aliphatic heterocycles. The van der Waals surface area contributed by atoms with Gasteiger partial charge in [0.25, 0.3) is 0 Å². The molecule has 0 saturated carbocycles. The molecule has 4 heteroatoms. The van der Waals surface area contributed by atoms with Gasteiger partial charge in [-0.15, -0.1) is 0 Å². The van der Waals surface area contributed by atoms with Gasteiger partial charge >= 0.3 is 0 Å². The molecule has 0 atom stereocenters. The van der Waals surface area contributed by atoms with Crippen molar-refractivity contribution < 1.29 is 4.74 Å². The monoisotopic (exact) mass is 334 g/mol. The molecule has 3 nitrogen and oxygen atoms in total. The van der Waals surface area contributed by atoms with Crippen molar-refractivity contribution in [1.82, 2.24) is 4.98 Å². The van der Waals surface area contributed by atoms with Gasteiger partial charge in [0.1, 0.15) is 5.52 Å². The van der Waals surface area contributed by atoms with Crippen LogP contribution in [0, 0.1) is 6.92 Å². The Morgan fingerprint density at radius 2 is 1.95 bits per heavy atom. The summed E-state index contributed by atoms with van der Waals surface area (Å²) in [5.41, 5.74) is 3.12. The van der Waals surface area contributed by atoms with Crippen molar-refractivity contribution in [2.75, 3.05) is 25.1 Å². The highest BCUT2D eigenvalue weighted by Crippen LogP contribution is 2.40. The SMILES string of the molecule is COc1c(N2CCCCC2)cc(Br)c2ccc(C)nc12. The Bertz CT molecular complexity index is 636. The van der Waals surface area contributed by atoms with Crippen LogP contribution in [0.3, 0.4) is 0 Å². The van der Waals surface area contributed by atoms with Crippen LogP contribution in [0.2, 0.25) is 0 Å². The second-order valence-electron chi connectivity index (χ2n) is 5.31. The molecule has 20 heavy (non-hydrogen) atoms. The Labute approximate surface area is 128 Å². The van der Waals surface area contributed by atoms with E-state index in [4.69, 9.17) is 4.74 Å². The molecule has 1 saturated heterocycles. The van der Waals surface area contributed by atoms with Gasteiger partial charge in [0.15, 0.2) is 5.75 Å².